The molecule has 0 unspecified atom stereocenters. The van der Waals surface area contributed by atoms with Gasteiger partial charge in [0.05, 0.1) is 5.69 Å². The number of tetrazole rings is 1. The van der Waals surface area contributed by atoms with E-state index in [0.717, 1.165) is 31.4 Å². The van der Waals surface area contributed by atoms with Gasteiger partial charge >= 0.3 is 6.03 Å². The molecule has 150 valence electrons. The van der Waals surface area contributed by atoms with Crippen LogP contribution in [0.2, 0.25) is 0 Å². The van der Waals surface area contributed by atoms with Crippen molar-refractivity contribution in [2.75, 3.05) is 27.3 Å². The maximum Gasteiger partial charge on any atom is 0.317 e. The predicted molar refractivity (Wildman–Crippen MR) is 102 cm³/mol. The Morgan fingerprint density at radius 3 is 2.68 bits per heavy atom. The van der Waals surface area contributed by atoms with Crippen LogP contribution < -0.4 is 14.8 Å². The molecule has 1 N–H and O–H groups in total. The number of amides is 2. The van der Waals surface area contributed by atoms with E-state index in [9.17, 15) is 4.79 Å². The van der Waals surface area contributed by atoms with Crippen molar-refractivity contribution in [3.05, 3.63) is 24.0 Å². The quantitative estimate of drug-likeness (QED) is 0.868. The average molecular weight is 386 g/mol. The van der Waals surface area contributed by atoms with Gasteiger partial charge in [-0.1, -0.05) is 6.92 Å². The Morgan fingerprint density at radius 1 is 1.25 bits per heavy atom. The third-order valence-electron chi connectivity index (χ3n) is 5.92. The monoisotopic (exact) mass is 386 g/mol. The number of nitrogens with zero attached hydrogens (tertiary/aromatic N) is 5. The van der Waals surface area contributed by atoms with E-state index >= 15 is 0 Å². The van der Waals surface area contributed by atoms with Gasteiger partial charge in [0.2, 0.25) is 0 Å². The number of rotatable bonds is 3. The summed E-state index contributed by atoms with van der Waals surface area (Å²) in [6.45, 7) is 3.30. The highest BCUT2D eigenvalue weighted by molar-refractivity contribution is 5.74. The van der Waals surface area contributed by atoms with Crippen molar-refractivity contribution >= 4 is 6.03 Å². The van der Waals surface area contributed by atoms with Gasteiger partial charge in [0.25, 0.3) is 0 Å². The van der Waals surface area contributed by atoms with Crippen LogP contribution in [-0.2, 0) is 5.54 Å². The van der Waals surface area contributed by atoms with Gasteiger partial charge in [-0.25, -0.2) is 4.79 Å². The summed E-state index contributed by atoms with van der Waals surface area (Å²) in [5.74, 6) is 2.68. The number of ether oxygens (including phenoxy) is 2. The summed E-state index contributed by atoms with van der Waals surface area (Å²) < 4.78 is 13.0. The number of hydrogen-bond donors (Lipinski definition) is 1. The Morgan fingerprint density at radius 2 is 1.96 bits per heavy atom. The van der Waals surface area contributed by atoms with Crippen LogP contribution in [0.3, 0.4) is 0 Å². The molecule has 2 aliphatic rings. The fourth-order valence-corrected chi connectivity index (χ4v) is 4.13. The van der Waals surface area contributed by atoms with E-state index in [-0.39, 0.29) is 6.03 Å². The maximum absolute atomic E-state index is 12.5. The minimum Gasteiger partial charge on any atom is -0.486 e. The Labute approximate surface area is 164 Å². The SMILES string of the molecule is CNC(=O)N(C)C1(c2nnnn2-c2ccc3c(c2)OCCO3)CCC(C)CC1. The van der Waals surface area contributed by atoms with Crippen molar-refractivity contribution < 1.29 is 14.3 Å². The smallest absolute Gasteiger partial charge is 0.317 e. The van der Waals surface area contributed by atoms with Crippen LogP contribution in [0.1, 0.15) is 38.4 Å². The number of nitrogens with one attached hydrogen (secondary N) is 1. The molecular weight excluding hydrogens is 360 g/mol. The molecule has 0 radical (unpaired) electrons. The van der Waals surface area contributed by atoms with Gasteiger partial charge in [-0.15, -0.1) is 5.10 Å². The van der Waals surface area contributed by atoms with Crippen molar-refractivity contribution in [1.82, 2.24) is 30.4 Å². The molecule has 9 nitrogen and oxygen atoms in total. The second kappa shape index (κ2) is 7.29. The topological polar surface area (TPSA) is 94.4 Å². The van der Waals surface area contributed by atoms with E-state index in [0.29, 0.717) is 36.5 Å². The minimum absolute atomic E-state index is 0.147. The zero-order valence-corrected chi connectivity index (χ0v) is 16.5. The molecule has 0 spiro atoms. The van der Waals surface area contributed by atoms with Crippen LogP contribution in [0.15, 0.2) is 18.2 Å². The van der Waals surface area contributed by atoms with Gasteiger partial charge < -0.3 is 19.7 Å². The number of carbonyl (C=O) groups excluding carboxylic acids is 1. The molecule has 9 heteroatoms. The average Bonchev–Trinajstić information content (AvgIpc) is 3.23. The molecular formula is C19H26N6O3. The lowest BCUT2D eigenvalue weighted by Crippen LogP contribution is -2.53. The standard InChI is InChI=1S/C19H26N6O3/c1-13-6-8-19(9-7-13,24(3)18(26)20-2)17-21-22-23-25(17)14-4-5-15-16(12-14)28-11-10-27-15/h4-5,12-13H,6-11H2,1-3H3,(H,20,26). The Balaban J connectivity index is 1.77. The lowest BCUT2D eigenvalue weighted by Gasteiger charge is -2.44. The molecule has 1 aliphatic heterocycles. The molecule has 1 saturated carbocycles. The lowest BCUT2D eigenvalue weighted by atomic mass is 9.75. The molecule has 4 rings (SSSR count). The first-order valence-corrected chi connectivity index (χ1v) is 9.69. The normalized spacial score (nSPS) is 23.9. The number of urea groups is 1. The van der Waals surface area contributed by atoms with E-state index < -0.39 is 5.54 Å². The Kier molecular flexibility index (Phi) is 4.82. The fraction of sp³-hybridized carbons (Fsp3) is 0.579. The lowest BCUT2D eigenvalue weighted by molar-refractivity contribution is 0.0732. The van der Waals surface area contributed by atoms with Gasteiger partial charge in [0, 0.05) is 20.2 Å². The van der Waals surface area contributed by atoms with Gasteiger partial charge in [-0.2, -0.15) is 4.68 Å². The van der Waals surface area contributed by atoms with E-state index in [1.165, 1.54) is 0 Å². The van der Waals surface area contributed by atoms with E-state index in [1.807, 2.05) is 25.2 Å². The molecule has 2 aromatic rings. The molecule has 1 aliphatic carbocycles. The van der Waals surface area contributed by atoms with Crippen LogP contribution in [0.25, 0.3) is 5.69 Å². The molecule has 2 amide bonds. The molecule has 2 heterocycles. The summed E-state index contributed by atoms with van der Waals surface area (Å²) in [4.78, 5) is 14.3. The van der Waals surface area contributed by atoms with Gasteiger partial charge in [0.15, 0.2) is 17.3 Å². The summed E-state index contributed by atoms with van der Waals surface area (Å²) in [7, 11) is 3.46. The molecule has 0 atom stereocenters. The summed E-state index contributed by atoms with van der Waals surface area (Å²) in [5, 5.41) is 15.3. The molecule has 0 bridgehead atoms. The van der Waals surface area contributed by atoms with Gasteiger partial charge in [0.1, 0.15) is 18.8 Å². The number of aromatic nitrogens is 4. The first-order valence-electron chi connectivity index (χ1n) is 9.69. The van der Waals surface area contributed by atoms with Gasteiger partial charge in [-0.05, 0) is 54.2 Å². The van der Waals surface area contributed by atoms with E-state index in [4.69, 9.17) is 9.47 Å². The number of carbonyl (C=O) groups is 1. The largest absolute Gasteiger partial charge is 0.486 e. The molecule has 0 saturated heterocycles. The zero-order valence-electron chi connectivity index (χ0n) is 16.5. The first kappa shape index (κ1) is 18.5. The second-order valence-corrected chi connectivity index (χ2v) is 7.57. The maximum atomic E-state index is 12.5. The van der Waals surface area contributed by atoms with Crippen LogP contribution in [0.4, 0.5) is 4.79 Å². The van der Waals surface area contributed by atoms with E-state index in [2.05, 4.69) is 27.8 Å². The summed E-state index contributed by atoms with van der Waals surface area (Å²) >= 11 is 0. The third kappa shape index (κ3) is 3.04. The number of fused-ring (bicyclic) bond motifs is 1. The van der Waals surface area contributed by atoms with Crippen molar-refractivity contribution in [2.45, 2.75) is 38.1 Å². The Bertz CT molecular complexity index is 859. The first-order chi connectivity index (χ1) is 13.5. The number of hydrogen-bond acceptors (Lipinski definition) is 6. The minimum atomic E-state index is -0.566. The highest BCUT2D eigenvalue weighted by Crippen LogP contribution is 2.43. The number of benzene rings is 1. The zero-order chi connectivity index (χ0) is 19.7. The molecule has 28 heavy (non-hydrogen) atoms. The summed E-state index contributed by atoms with van der Waals surface area (Å²) in [5.41, 5.74) is 0.219. The molecule has 1 aromatic carbocycles. The van der Waals surface area contributed by atoms with Crippen LogP contribution in [-0.4, -0.2) is 58.4 Å². The van der Waals surface area contributed by atoms with Crippen LogP contribution >= 0.6 is 0 Å². The second-order valence-electron chi connectivity index (χ2n) is 7.57. The van der Waals surface area contributed by atoms with E-state index in [1.54, 1.807) is 16.6 Å². The fourth-order valence-electron chi connectivity index (χ4n) is 4.13. The van der Waals surface area contributed by atoms with Crippen molar-refractivity contribution in [2.24, 2.45) is 5.92 Å². The third-order valence-corrected chi connectivity index (χ3v) is 5.92. The summed E-state index contributed by atoms with van der Waals surface area (Å²) in [6, 6.07) is 5.51. The van der Waals surface area contributed by atoms with Crippen molar-refractivity contribution in [1.29, 1.82) is 0 Å². The van der Waals surface area contributed by atoms with Crippen molar-refractivity contribution in [3.8, 4) is 17.2 Å². The highest BCUT2D eigenvalue weighted by Gasteiger charge is 2.46. The predicted octanol–water partition coefficient (Wildman–Crippen LogP) is 2.11. The van der Waals surface area contributed by atoms with Crippen molar-refractivity contribution in [3.63, 3.8) is 0 Å². The van der Waals surface area contributed by atoms with Crippen LogP contribution in [0.5, 0.6) is 11.5 Å². The highest BCUT2D eigenvalue weighted by atomic mass is 16.6. The molecule has 1 fully saturated rings. The van der Waals surface area contributed by atoms with Gasteiger partial charge in [-0.3, -0.25) is 0 Å². The molecule has 1 aromatic heterocycles. The Hall–Kier alpha value is -2.84. The summed E-state index contributed by atoms with van der Waals surface area (Å²) in [6.07, 6.45) is 3.64. The van der Waals surface area contributed by atoms with Crippen LogP contribution in [0, 0.1) is 5.92 Å².